The molecule has 144 valence electrons. The molecule has 5 rings (SSSR count). The van der Waals surface area contributed by atoms with Crippen LogP contribution in [0.3, 0.4) is 0 Å². The number of methoxy groups -OCH3 is 1. The molecule has 3 atom stereocenters. The van der Waals surface area contributed by atoms with E-state index < -0.39 is 12.0 Å². The van der Waals surface area contributed by atoms with Gasteiger partial charge >= 0.3 is 0 Å². The second-order valence-electron chi connectivity index (χ2n) is 7.36. The molecule has 7 heteroatoms. The minimum absolute atomic E-state index is 0.111. The van der Waals surface area contributed by atoms with Crippen molar-refractivity contribution < 1.29 is 14.3 Å². The third-order valence-electron chi connectivity index (χ3n) is 5.95. The molecule has 0 aliphatic carbocycles. The molecule has 0 bridgehead atoms. The van der Waals surface area contributed by atoms with Crippen molar-refractivity contribution in [3.8, 4) is 5.75 Å². The molecule has 3 heterocycles. The van der Waals surface area contributed by atoms with Crippen molar-refractivity contribution in [2.24, 2.45) is 5.92 Å². The number of amides is 2. The molecular formula is C21H20BrN3O3. The van der Waals surface area contributed by atoms with Crippen LogP contribution in [0.2, 0.25) is 0 Å². The fourth-order valence-electron chi connectivity index (χ4n) is 4.76. The van der Waals surface area contributed by atoms with Crippen LogP contribution in [0, 0.1) is 5.92 Å². The van der Waals surface area contributed by atoms with Gasteiger partial charge in [-0.05, 0) is 48.4 Å². The van der Waals surface area contributed by atoms with Crippen LogP contribution in [0.15, 0.2) is 53.0 Å². The predicted molar refractivity (Wildman–Crippen MR) is 108 cm³/mol. The fourth-order valence-corrected chi connectivity index (χ4v) is 5.02. The van der Waals surface area contributed by atoms with E-state index in [1.54, 1.807) is 31.4 Å². The summed E-state index contributed by atoms with van der Waals surface area (Å²) in [6, 6.07) is 14.6. The summed E-state index contributed by atoms with van der Waals surface area (Å²) in [5, 5.41) is 4.33. The van der Waals surface area contributed by atoms with Crippen molar-refractivity contribution in [3.63, 3.8) is 0 Å². The van der Waals surface area contributed by atoms with E-state index in [1.165, 1.54) is 4.90 Å². The van der Waals surface area contributed by atoms with Crippen molar-refractivity contribution in [2.45, 2.75) is 18.5 Å². The predicted octanol–water partition coefficient (Wildman–Crippen LogP) is 2.99. The van der Waals surface area contributed by atoms with Gasteiger partial charge in [0.25, 0.3) is 5.91 Å². The summed E-state index contributed by atoms with van der Waals surface area (Å²) < 4.78 is 6.19. The number of imide groups is 1. The normalized spacial score (nSPS) is 27.4. The third kappa shape index (κ3) is 2.53. The molecule has 0 spiro atoms. The van der Waals surface area contributed by atoms with Crippen LogP contribution in [0.25, 0.3) is 0 Å². The number of hydrazine groups is 1. The third-order valence-corrected chi connectivity index (χ3v) is 6.48. The standard InChI is InChI=1S/C21H20BrN3O3/c1-28-16-9-7-15(8-10-16)25-20(26)17-18(13-3-5-14(22)6-4-13)23-11-2-12-24(23)19(17)21(25)27/h3-10,17-19H,2,11-12H2,1H3. The Bertz CT molecular complexity index is 931. The van der Waals surface area contributed by atoms with Gasteiger partial charge in [-0.15, -0.1) is 0 Å². The number of carbonyl (C=O) groups excluding carboxylic acids is 2. The van der Waals surface area contributed by atoms with Crippen molar-refractivity contribution in [1.29, 1.82) is 0 Å². The largest absolute Gasteiger partial charge is 0.497 e. The second kappa shape index (κ2) is 6.69. The maximum Gasteiger partial charge on any atom is 0.253 e. The topological polar surface area (TPSA) is 53.1 Å². The fraction of sp³-hybridized carbons (Fsp3) is 0.333. The molecule has 0 aromatic heterocycles. The molecular weight excluding hydrogens is 422 g/mol. The van der Waals surface area contributed by atoms with Crippen LogP contribution in [-0.2, 0) is 9.59 Å². The lowest BCUT2D eigenvalue weighted by molar-refractivity contribution is -0.126. The molecule has 0 saturated carbocycles. The van der Waals surface area contributed by atoms with Gasteiger partial charge in [-0.2, -0.15) is 0 Å². The number of ether oxygens (including phenoxy) is 1. The quantitative estimate of drug-likeness (QED) is 0.685. The van der Waals surface area contributed by atoms with E-state index in [0.29, 0.717) is 11.4 Å². The highest BCUT2D eigenvalue weighted by atomic mass is 79.9. The first-order valence-electron chi connectivity index (χ1n) is 9.40. The summed E-state index contributed by atoms with van der Waals surface area (Å²) in [5.74, 6) is 0.0479. The van der Waals surface area contributed by atoms with Gasteiger partial charge in [0.2, 0.25) is 5.91 Å². The van der Waals surface area contributed by atoms with Gasteiger partial charge in [-0.3, -0.25) is 9.59 Å². The molecule has 6 nitrogen and oxygen atoms in total. The van der Waals surface area contributed by atoms with Crippen LogP contribution in [0.5, 0.6) is 5.75 Å². The van der Waals surface area contributed by atoms with Crippen LogP contribution in [0.4, 0.5) is 5.69 Å². The second-order valence-corrected chi connectivity index (χ2v) is 8.27. The van der Waals surface area contributed by atoms with Gasteiger partial charge in [0, 0.05) is 17.6 Å². The summed E-state index contributed by atoms with van der Waals surface area (Å²) in [4.78, 5) is 28.1. The number of rotatable bonds is 3. The summed E-state index contributed by atoms with van der Waals surface area (Å²) >= 11 is 3.48. The molecule has 3 unspecified atom stereocenters. The summed E-state index contributed by atoms with van der Waals surface area (Å²) in [6.07, 6.45) is 1.00. The molecule has 2 aromatic carbocycles. The Kier molecular flexibility index (Phi) is 4.26. The van der Waals surface area contributed by atoms with Crippen molar-refractivity contribution in [3.05, 3.63) is 58.6 Å². The van der Waals surface area contributed by atoms with E-state index >= 15 is 0 Å². The van der Waals surface area contributed by atoms with E-state index in [9.17, 15) is 9.59 Å². The van der Waals surface area contributed by atoms with E-state index in [2.05, 4.69) is 25.9 Å². The number of fused-ring (bicyclic) bond motifs is 3. The molecule has 3 aliphatic heterocycles. The molecule has 2 aromatic rings. The van der Waals surface area contributed by atoms with Gasteiger partial charge in [-0.25, -0.2) is 14.9 Å². The number of halogens is 1. The van der Waals surface area contributed by atoms with Crippen molar-refractivity contribution >= 4 is 33.4 Å². The molecule has 3 saturated heterocycles. The maximum atomic E-state index is 13.4. The molecule has 3 fully saturated rings. The minimum Gasteiger partial charge on any atom is -0.497 e. The molecule has 3 aliphatic rings. The number of carbonyl (C=O) groups is 2. The van der Waals surface area contributed by atoms with E-state index in [-0.39, 0.29) is 17.9 Å². The zero-order valence-corrected chi connectivity index (χ0v) is 17.0. The average Bonchev–Trinajstić information content (AvgIpc) is 3.35. The lowest BCUT2D eigenvalue weighted by Gasteiger charge is -2.29. The SMILES string of the molecule is COc1ccc(N2C(=O)C3C(C2=O)N2CCCN2C3c2ccc(Br)cc2)cc1. The Morgan fingerprint density at radius 2 is 1.54 bits per heavy atom. The van der Waals surface area contributed by atoms with Crippen LogP contribution >= 0.6 is 15.9 Å². The van der Waals surface area contributed by atoms with Gasteiger partial charge in [-0.1, -0.05) is 28.1 Å². The Labute approximate surface area is 171 Å². The van der Waals surface area contributed by atoms with Gasteiger partial charge < -0.3 is 4.74 Å². The monoisotopic (exact) mass is 441 g/mol. The van der Waals surface area contributed by atoms with Gasteiger partial charge in [0.1, 0.15) is 11.8 Å². The summed E-state index contributed by atoms with van der Waals surface area (Å²) in [6.45, 7) is 1.68. The highest BCUT2D eigenvalue weighted by Crippen LogP contribution is 2.49. The van der Waals surface area contributed by atoms with E-state index in [1.807, 2.05) is 24.3 Å². The lowest BCUT2D eigenvalue weighted by atomic mass is 9.90. The zero-order valence-electron chi connectivity index (χ0n) is 15.4. The van der Waals surface area contributed by atoms with E-state index in [0.717, 1.165) is 29.5 Å². The Balaban J connectivity index is 1.55. The summed E-state index contributed by atoms with van der Waals surface area (Å²) in [7, 11) is 1.59. The number of hydrogen-bond donors (Lipinski definition) is 0. The highest BCUT2D eigenvalue weighted by molar-refractivity contribution is 9.10. The minimum atomic E-state index is -0.425. The lowest BCUT2D eigenvalue weighted by Crippen LogP contribution is -2.44. The van der Waals surface area contributed by atoms with Crippen LogP contribution in [0.1, 0.15) is 18.0 Å². The van der Waals surface area contributed by atoms with Gasteiger partial charge in [0.15, 0.2) is 0 Å². The Morgan fingerprint density at radius 3 is 2.18 bits per heavy atom. The van der Waals surface area contributed by atoms with Gasteiger partial charge in [0.05, 0.1) is 24.8 Å². The highest BCUT2D eigenvalue weighted by Gasteiger charge is 2.62. The molecule has 0 N–H and O–H groups in total. The molecule has 0 radical (unpaired) electrons. The Morgan fingerprint density at radius 1 is 0.893 bits per heavy atom. The first-order chi connectivity index (χ1) is 13.6. The zero-order chi connectivity index (χ0) is 19.4. The van der Waals surface area contributed by atoms with Crippen molar-refractivity contribution in [2.75, 3.05) is 25.1 Å². The molecule has 28 heavy (non-hydrogen) atoms. The number of anilines is 1. The number of benzene rings is 2. The van der Waals surface area contributed by atoms with E-state index in [4.69, 9.17) is 4.74 Å². The Hall–Kier alpha value is -2.22. The number of nitrogens with zero attached hydrogens (tertiary/aromatic N) is 3. The molecule has 2 amide bonds. The van der Waals surface area contributed by atoms with Crippen molar-refractivity contribution in [1.82, 2.24) is 10.0 Å². The van der Waals surface area contributed by atoms with Crippen LogP contribution < -0.4 is 9.64 Å². The van der Waals surface area contributed by atoms with Crippen LogP contribution in [-0.4, -0.2) is 48.1 Å². The average molecular weight is 442 g/mol. The smallest absolute Gasteiger partial charge is 0.253 e. The number of hydrogen-bond acceptors (Lipinski definition) is 5. The first-order valence-corrected chi connectivity index (χ1v) is 10.2. The maximum absolute atomic E-state index is 13.4. The first kappa shape index (κ1) is 17.8. The summed E-state index contributed by atoms with van der Waals surface area (Å²) in [5.41, 5.74) is 1.67.